The van der Waals surface area contributed by atoms with Crippen molar-refractivity contribution in [3.8, 4) is 0 Å². The first kappa shape index (κ1) is 11.9. The maximum Gasteiger partial charge on any atom is 0.204 e. The molecule has 0 aromatic carbocycles. The molecule has 0 bridgehead atoms. The molecule has 88 valence electrons. The van der Waals surface area contributed by atoms with Gasteiger partial charge in [-0.1, -0.05) is 17.4 Å². The minimum absolute atomic E-state index is 0.0373. The number of carbonyl (C=O) groups is 1. The number of hydrogen-bond acceptors (Lipinski definition) is 6. The normalized spacial score (nSPS) is 10.9. The number of carbonyl (C=O) groups excluding carboxylic acids is 1. The molecule has 0 aliphatic rings. The number of thiophene rings is 1. The van der Waals surface area contributed by atoms with E-state index in [0.29, 0.717) is 10.0 Å². The van der Waals surface area contributed by atoms with Crippen LogP contribution in [0.1, 0.15) is 27.2 Å². The van der Waals surface area contributed by atoms with E-state index in [1.165, 1.54) is 11.3 Å². The minimum atomic E-state index is 0.0373. The Balaban J connectivity index is 2.05. The summed E-state index contributed by atoms with van der Waals surface area (Å²) in [6.07, 6.45) is 1.73. The maximum absolute atomic E-state index is 11.2. The van der Waals surface area contributed by atoms with Gasteiger partial charge in [0.25, 0.3) is 0 Å². The molecule has 0 atom stereocenters. The Hall–Kier alpha value is -1.53. The molecule has 2 aromatic rings. The van der Waals surface area contributed by atoms with Gasteiger partial charge in [0.1, 0.15) is 0 Å². The zero-order valence-corrected chi connectivity index (χ0v) is 11.1. The lowest BCUT2D eigenvalue weighted by Crippen LogP contribution is -1.89. The fourth-order valence-electron chi connectivity index (χ4n) is 1.29. The lowest BCUT2D eigenvalue weighted by Gasteiger charge is -1.90. The standard InChI is InChI=1S/C11H11N3OS2/c1-7-10(8(2)15)17-11(13-7)14-12-6-9-4-3-5-16-9/h3-6H,1-2H3,(H,13,14). The van der Waals surface area contributed by atoms with Crippen molar-refractivity contribution in [2.24, 2.45) is 5.10 Å². The van der Waals surface area contributed by atoms with E-state index in [-0.39, 0.29) is 5.78 Å². The van der Waals surface area contributed by atoms with E-state index < -0.39 is 0 Å². The predicted octanol–water partition coefficient (Wildman–Crippen LogP) is 3.16. The van der Waals surface area contributed by atoms with Crippen LogP contribution in [0.5, 0.6) is 0 Å². The Morgan fingerprint density at radius 1 is 1.59 bits per heavy atom. The van der Waals surface area contributed by atoms with Gasteiger partial charge in [-0.25, -0.2) is 4.98 Å². The van der Waals surface area contributed by atoms with E-state index in [1.54, 1.807) is 24.5 Å². The zero-order chi connectivity index (χ0) is 12.3. The lowest BCUT2D eigenvalue weighted by atomic mass is 10.3. The molecule has 4 nitrogen and oxygen atoms in total. The molecule has 0 unspecified atom stereocenters. The number of hydrazone groups is 1. The van der Waals surface area contributed by atoms with Crippen LogP contribution in [0, 0.1) is 6.92 Å². The number of ketones is 1. The van der Waals surface area contributed by atoms with Crippen molar-refractivity contribution >= 4 is 39.8 Å². The summed E-state index contributed by atoms with van der Waals surface area (Å²) in [4.78, 5) is 17.2. The summed E-state index contributed by atoms with van der Waals surface area (Å²) < 4.78 is 0. The summed E-state index contributed by atoms with van der Waals surface area (Å²) in [6, 6.07) is 3.94. The first-order valence-electron chi connectivity index (χ1n) is 4.98. The number of thiazole rings is 1. The molecule has 0 amide bonds. The zero-order valence-electron chi connectivity index (χ0n) is 9.43. The number of nitrogens with one attached hydrogen (secondary N) is 1. The van der Waals surface area contributed by atoms with Gasteiger partial charge in [-0.2, -0.15) is 5.10 Å². The van der Waals surface area contributed by atoms with Crippen LogP contribution in [0.4, 0.5) is 5.13 Å². The van der Waals surface area contributed by atoms with Crippen molar-refractivity contribution in [1.29, 1.82) is 0 Å². The van der Waals surface area contributed by atoms with Crippen LogP contribution in [-0.4, -0.2) is 17.0 Å². The van der Waals surface area contributed by atoms with Crippen LogP contribution < -0.4 is 5.43 Å². The van der Waals surface area contributed by atoms with Crippen LogP contribution >= 0.6 is 22.7 Å². The summed E-state index contributed by atoms with van der Waals surface area (Å²) in [5, 5.41) is 6.70. The van der Waals surface area contributed by atoms with Gasteiger partial charge in [0, 0.05) is 11.8 Å². The van der Waals surface area contributed by atoms with Gasteiger partial charge >= 0.3 is 0 Å². The van der Waals surface area contributed by atoms with Crippen molar-refractivity contribution in [2.45, 2.75) is 13.8 Å². The first-order chi connectivity index (χ1) is 8.16. The van der Waals surface area contributed by atoms with Crippen molar-refractivity contribution in [2.75, 3.05) is 5.43 Å². The number of Topliss-reactive ketones (excluding diaryl/α,β-unsaturated/α-hetero) is 1. The Morgan fingerprint density at radius 2 is 2.41 bits per heavy atom. The second-order valence-corrected chi connectivity index (χ2v) is 5.35. The molecule has 0 fully saturated rings. The Labute approximate surface area is 107 Å². The molecule has 2 rings (SSSR count). The molecule has 0 saturated carbocycles. The second kappa shape index (κ2) is 5.20. The smallest absolute Gasteiger partial charge is 0.204 e. The molecule has 0 saturated heterocycles. The van der Waals surface area contributed by atoms with Gasteiger partial charge in [-0.15, -0.1) is 11.3 Å². The molecule has 0 aliphatic carbocycles. The molecule has 0 spiro atoms. The van der Waals surface area contributed by atoms with E-state index in [1.807, 2.05) is 24.4 Å². The molecular formula is C11H11N3OS2. The number of aromatic nitrogens is 1. The topological polar surface area (TPSA) is 54.4 Å². The van der Waals surface area contributed by atoms with Crippen LogP contribution in [0.3, 0.4) is 0 Å². The summed E-state index contributed by atoms with van der Waals surface area (Å²) in [6.45, 7) is 3.36. The second-order valence-electron chi connectivity index (χ2n) is 3.38. The highest BCUT2D eigenvalue weighted by Crippen LogP contribution is 2.22. The third kappa shape index (κ3) is 2.98. The Bertz CT molecular complexity index is 543. The van der Waals surface area contributed by atoms with Crippen LogP contribution in [0.15, 0.2) is 22.6 Å². The highest BCUT2D eigenvalue weighted by Gasteiger charge is 2.10. The van der Waals surface area contributed by atoms with E-state index in [4.69, 9.17) is 0 Å². The number of anilines is 1. The third-order valence-electron chi connectivity index (χ3n) is 2.01. The average molecular weight is 265 g/mol. The quantitative estimate of drug-likeness (QED) is 0.525. The third-order valence-corrected chi connectivity index (χ3v) is 3.98. The maximum atomic E-state index is 11.2. The van der Waals surface area contributed by atoms with Gasteiger partial charge in [0.15, 0.2) is 5.78 Å². The first-order valence-corrected chi connectivity index (χ1v) is 6.67. The summed E-state index contributed by atoms with van der Waals surface area (Å²) in [7, 11) is 0. The fraction of sp³-hybridized carbons (Fsp3) is 0.182. The summed E-state index contributed by atoms with van der Waals surface area (Å²) in [5.74, 6) is 0.0373. The van der Waals surface area contributed by atoms with Gasteiger partial charge in [0.2, 0.25) is 5.13 Å². The molecule has 0 aliphatic heterocycles. The van der Waals surface area contributed by atoms with E-state index in [9.17, 15) is 4.79 Å². The lowest BCUT2D eigenvalue weighted by molar-refractivity contribution is 0.102. The van der Waals surface area contributed by atoms with Crippen molar-refractivity contribution in [1.82, 2.24) is 4.98 Å². The Kier molecular flexibility index (Phi) is 3.65. The monoisotopic (exact) mass is 265 g/mol. The van der Waals surface area contributed by atoms with Crippen molar-refractivity contribution in [3.05, 3.63) is 33.0 Å². The van der Waals surface area contributed by atoms with Crippen LogP contribution in [-0.2, 0) is 0 Å². The number of aryl methyl sites for hydroxylation is 1. The van der Waals surface area contributed by atoms with E-state index in [2.05, 4.69) is 15.5 Å². The number of nitrogens with zero attached hydrogens (tertiary/aromatic N) is 2. The van der Waals surface area contributed by atoms with Crippen molar-refractivity contribution in [3.63, 3.8) is 0 Å². The van der Waals surface area contributed by atoms with Gasteiger partial charge in [-0.05, 0) is 18.4 Å². The summed E-state index contributed by atoms with van der Waals surface area (Å²) >= 11 is 2.93. The van der Waals surface area contributed by atoms with Gasteiger partial charge < -0.3 is 0 Å². The molecule has 6 heteroatoms. The fourth-order valence-corrected chi connectivity index (χ4v) is 2.68. The van der Waals surface area contributed by atoms with Gasteiger partial charge in [0.05, 0.1) is 16.8 Å². The predicted molar refractivity (Wildman–Crippen MR) is 72.4 cm³/mol. The van der Waals surface area contributed by atoms with Gasteiger partial charge in [-0.3, -0.25) is 10.2 Å². The molecule has 2 aromatic heterocycles. The van der Waals surface area contributed by atoms with E-state index >= 15 is 0 Å². The number of rotatable bonds is 4. The highest BCUT2D eigenvalue weighted by molar-refractivity contribution is 7.17. The largest absolute Gasteiger partial charge is 0.294 e. The average Bonchev–Trinajstić information content (AvgIpc) is 2.88. The molecule has 17 heavy (non-hydrogen) atoms. The molecule has 2 heterocycles. The highest BCUT2D eigenvalue weighted by atomic mass is 32.1. The number of hydrogen-bond donors (Lipinski definition) is 1. The molecule has 0 radical (unpaired) electrons. The molecule has 1 N–H and O–H groups in total. The minimum Gasteiger partial charge on any atom is -0.294 e. The SMILES string of the molecule is CC(=O)c1sc(NN=Cc2cccs2)nc1C. The van der Waals surface area contributed by atoms with Crippen LogP contribution in [0.2, 0.25) is 0 Å². The summed E-state index contributed by atoms with van der Waals surface area (Å²) in [5.41, 5.74) is 3.58. The molecular weight excluding hydrogens is 254 g/mol. The van der Waals surface area contributed by atoms with Crippen LogP contribution in [0.25, 0.3) is 0 Å². The Morgan fingerprint density at radius 3 is 3.00 bits per heavy atom. The van der Waals surface area contributed by atoms with E-state index in [0.717, 1.165) is 10.6 Å². The van der Waals surface area contributed by atoms with Crippen molar-refractivity contribution < 1.29 is 4.79 Å².